The molecule has 0 unspecified atom stereocenters. The maximum Gasteiger partial charge on any atom is 0.267 e. The third kappa shape index (κ3) is 4.65. The molecule has 1 amide bonds. The summed E-state index contributed by atoms with van der Waals surface area (Å²) in [4.78, 5) is 18.8. The Labute approximate surface area is 180 Å². The number of nitrogens with zero attached hydrogens (tertiary/aromatic N) is 2. The van der Waals surface area contributed by atoms with Crippen molar-refractivity contribution in [2.24, 2.45) is 5.73 Å². The lowest BCUT2D eigenvalue weighted by molar-refractivity contribution is 0.0994. The van der Waals surface area contributed by atoms with E-state index in [9.17, 15) is 17.6 Å². The van der Waals surface area contributed by atoms with Crippen molar-refractivity contribution < 1.29 is 17.6 Å². The molecule has 1 aliphatic rings. The molecule has 0 bridgehead atoms. The second-order valence-electron chi connectivity index (χ2n) is 7.73. The van der Waals surface area contributed by atoms with Crippen LogP contribution in [-0.2, 0) is 29.3 Å². The van der Waals surface area contributed by atoms with Crippen LogP contribution < -0.4 is 5.73 Å². The zero-order valence-corrected chi connectivity index (χ0v) is 17.8. The molecule has 8 heteroatoms. The summed E-state index contributed by atoms with van der Waals surface area (Å²) in [7, 11) is -3.28. The fourth-order valence-electron chi connectivity index (χ4n) is 3.88. The van der Waals surface area contributed by atoms with Crippen LogP contribution in [-0.4, -0.2) is 37.0 Å². The minimum atomic E-state index is -3.28. The van der Waals surface area contributed by atoms with E-state index in [1.807, 2.05) is 6.07 Å². The number of rotatable bonds is 5. The van der Waals surface area contributed by atoms with Crippen molar-refractivity contribution in [3.05, 3.63) is 82.9 Å². The van der Waals surface area contributed by atoms with Gasteiger partial charge in [-0.2, -0.15) is 0 Å². The Bertz CT molecular complexity index is 1260. The van der Waals surface area contributed by atoms with Crippen LogP contribution in [0.2, 0.25) is 0 Å². The van der Waals surface area contributed by atoms with E-state index in [0.29, 0.717) is 19.5 Å². The summed E-state index contributed by atoms with van der Waals surface area (Å²) >= 11 is 0. The first-order chi connectivity index (χ1) is 14.7. The van der Waals surface area contributed by atoms with E-state index in [2.05, 4.69) is 9.88 Å². The fraction of sp³-hybridized carbons (Fsp3) is 0.217. The number of halogens is 1. The summed E-state index contributed by atoms with van der Waals surface area (Å²) in [5.41, 5.74) is 9.95. The third-order valence-corrected chi connectivity index (χ3v) is 6.51. The predicted molar refractivity (Wildman–Crippen MR) is 116 cm³/mol. The molecule has 160 valence electrons. The molecule has 2 heterocycles. The number of hydrogen-bond acceptors (Lipinski definition) is 5. The van der Waals surface area contributed by atoms with Gasteiger partial charge in [-0.25, -0.2) is 17.8 Å². The molecule has 0 spiro atoms. The molecular formula is C23H22FN3O3S. The van der Waals surface area contributed by atoms with Gasteiger partial charge in [0.25, 0.3) is 5.91 Å². The van der Waals surface area contributed by atoms with E-state index in [1.165, 1.54) is 18.4 Å². The number of pyridine rings is 1. The monoisotopic (exact) mass is 439 g/mol. The molecule has 0 atom stereocenters. The topological polar surface area (TPSA) is 93.4 Å². The molecule has 2 N–H and O–H groups in total. The molecule has 6 nitrogen and oxygen atoms in total. The van der Waals surface area contributed by atoms with Crippen LogP contribution in [0.15, 0.2) is 59.5 Å². The van der Waals surface area contributed by atoms with Crippen molar-refractivity contribution >= 4 is 15.7 Å². The van der Waals surface area contributed by atoms with E-state index in [-0.39, 0.29) is 16.4 Å². The van der Waals surface area contributed by atoms with Gasteiger partial charge in [0.1, 0.15) is 11.5 Å². The number of amides is 1. The average Bonchev–Trinajstić information content (AvgIpc) is 2.73. The zero-order chi connectivity index (χ0) is 22.2. The normalized spacial score (nSPS) is 14.3. The number of hydrogen-bond donors (Lipinski definition) is 1. The molecule has 0 aliphatic carbocycles. The van der Waals surface area contributed by atoms with Gasteiger partial charge < -0.3 is 5.73 Å². The van der Waals surface area contributed by atoms with Crippen LogP contribution in [0.5, 0.6) is 0 Å². The first-order valence-electron chi connectivity index (χ1n) is 9.80. The number of primary amides is 1. The van der Waals surface area contributed by atoms with Crippen molar-refractivity contribution in [2.75, 3.05) is 12.8 Å². The first kappa shape index (κ1) is 21.1. The predicted octanol–water partition coefficient (Wildman–Crippen LogP) is 2.95. The van der Waals surface area contributed by atoms with Crippen molar-refractivity contribution in [1.82, 2.24) is 9.88 Å². The summed E-state index contributed by atoms with van der Waals surface area (Å²) in [6.45, 7) is 1.78. The second-order valence-corrected chi connectivity index (χ2v) is 9.75. The van der Waals surface area contributed by atoms with Gasteiger partial charge in [-0.1, -0.05) is 24.3 Å². The highest BCUT2D eigenvalue weighted by atomic mass is 32.2. The lowest BCUT2D eigenvalue weighted by Crippen LogP contribution is -2.32. The van der Waals surface area contributed by atoms with Gasteiger partial charge in [0.15, 0.2) is 9.84 Å². The molecule has 0 fully saturated rings. The molecule has 1 aromatic heterocycles. The number of fused-ring (bicyclic) bond motifs is 1. The highest BCUT2D eigenvalue weighted by Gasteiger charge is 2.23. The van der Waals surface area contributed by atoms with E-state index >= 15 is 0 Å². The van der Waals surface area contributed by atoms with Gasteiger partial charge in [0.05, 0.1) is 10.6 Å². The average molecular weight is 440 g/mol. The molecule has 2 aromatic carbocycles. The highest BCUT2D eigenvalue weighted by molar-refractivity contribution is 7.90. The van der Waals surface area contributed by atoms with Crippen LogP contribution in [0.4, 0.5) is 4.39 Å². The van der Waals surface area contributed by atoms with Gasteiger partial charge in [0.2, 0.25) is 0 Å². The summed E-state index contributed by atoms with van der Waals surface area (Å²) in [5, 5.41) is 0. The van der Waals surface area contributed by atoms with E-state index in [4.69, 9.17) is 5.73 Å². The molecule has 0 saturated heterocycles. The van der Waals surface area contributed by atoms with Gasteiger partial charge >= 0.3 is 0 Å². The standard InChI is InChI=1S/C23H22FN3O3S/c1-31(29,30)18-4-2-3-15(11-18)13-27-10-9-19-20(16-5-7-17(24)8-6-16)12-21(23(25)28)26-22(19)14-27/h2-8,11-12H,9-10,13-14H2,1H3,(H2,25,28). The molecular weight excluding hydrogens is 417 g/mol. The molecule has 0 saturated carbocycles. The first-order valence-corrected chi connectivity index (χ1v) is 11.7. The highest BCUT2D eigenvalue weighted by Crippen LogP contribution is 2.31. The number of aromatic nitrogens is 1. The number of carbonyl (C=O) groups is 1. The van der Waals surface area contributed by atoms with Crippen LogP contribution in [0, 0.1) is 5.82 Å². The molecule has 3 aromatic rings. The number of sulfone groups is 1. The Hall–Kier alpha value is -3.10. The number of nitrogens with two attached hydrogens (primary N) is 1. The Morgan fingerprint density at radius 2 is 1.90 bits per heavy atom. The minimum Gasteiger partial charge on any atom is -0.364 e. The zero-order valence-electron chi connectivity index (χ0n) is 17.0. The Morgan fingerprint density at radius 3 is 2.58 bits per heavy atom. The van der Waals surface area contributed by atoms with Crippen molar-refractivity contribution in [1.29, 1.82) is 0 Å². The maximum atomic E-state index is 13.4. The third-order valence-electron chi connectivity index (χ3n) is 5.40. The molecule has 1 aliphatic heterocycles. The molecule has 31 heavy (non-hydrogen) atoms. The second kappa shape index (κ2) is 8.20. The maximum absolute atomic E-state index is 13.4. The summed E-state index contributed by atoms with van der Waals surface area (Å²) < 4.78 is 37.1. The van der Waals surface area contributed by atoms with Gasteiger partial charge in [-0.05, 0) is 59.0 Å². The summed E-state index contributed by atoms with van der Waals surface area (Å²) in [6.07, 6.45) is 1.88. The van der Waals surface area contributed by atoms with Gasteiger partial charge in [-0.15, -0.1) is 0 Å². The van der Waals surface area contributed by atoms with Crippen LogP contribution in [0.1, 0.15) is 27.3 Å². The largest absolute Gasteiger partial charge is 0.364 e. The van der Waals surface area contributed by atoms with Crippen molar-refractivity contribution in [3.63, 3.8) is 0 Å². The fourth-order valence-corrected chi connectivity index (χ4v) is 4.57. The molecule has 0 radical (unpaired) electrons. The van der Waals surface area contributed by atoms with Crippen molar-refractivity contribution in [2.45, 2.75) is 24.4 Å². The Kier molecular flexibility index (Phi) is 5.60. The Balaban J connectivity index is 1.66. The van der Waals surface area contributed by atoms with Crippen LogP contribution in [0.25, 0.3) is 11.1 Å². The lowest BCUT2D eigenvalue weighted by Gasteiger charge is -2.30. The van der Waals surface area contributed by atoms with E-state index in [1.54, 1.807) is 36.4 Å². The van der Waals surface area contributed by atoms with E-state index < -0.39 is 15.7 Å². The Morgan fingerprint density at radius 1 is 1.16 bits per heavy atom. The summed E-state index contributed by atoms with van der Waals surface area (Å²) in [5.74, 6) is -0.951. The number of carbonyl (C=O) groups excluding carboxylic acids is 1. The van der Waals surface area contributed by atoms with E-state index in [0.717, 1.165) is 34.5 Å². The lowest BCUT2D eigenvalue weighted by atomic mass is 9.93. The van der Waals surface area contributed by atoms with Crippen molar-refractivity contribution in [3.8, 4) is 11.1 Å². The van der Waals surface area contributed by atoms with Crippen LogP contribution >= 0.6 is 0 Å². The number of benzene rings is 2. The quantitative estimate of drug-likeness (QED) is 0.660. The molecule has 4 rings (SSSR count). The van der Waals surface area contributed by atoms with Crippen LogP contribution in [0.3, 0.4) is 0 Å². The van der Waals surface area contributed by atoms with Gasteiger partial charge in [-0.3, -0.25) is 9.69 Å². The smallest absolute Gasteiger partial charge is 0.267 e. The SMILES string of the molecule is CS(=O)(=O)c1cccc(CN2CCc3c(-c4ccc(F)cc4)cc(C(N)=O)nc3C2)c1. The van der Waals surface area contributed by atoms with Gasteiger partial charge in [0, 0.05) is 25.9 Å². The summed E-state index contributed by atoms with van der Waals surface area (Å²) in [6, 6.07) is 14.7. The minimum absolute atomic E-state index is 0.166.